The first-order chi connectivity index (χ1) is 8.20. The molecule has 0 radical (unpaired) electrons. The number of aromatic nitrogens is 1. The second-order valence-corrected chi connectivity index (χ2v) is 3.78. The molecule has 0 aromatic carbocycles. The Kier molecular flexibility index (Phi) is 3.21. The Labute approximate surface area is 97.8 Å². The van der Waals surface area contributed by atoms with E-state index in [1.54, 1.807) is 12.1 Å². The van der Waals surface area contributed by atoms with Gasteiger partial charge in [0.2, 0.25) is 0 Å². The number of nitrogens with one attached hydrogen (secondary N) is 1. The molecule has 2 heterocycles. The van der Waals surface area contributed by atoms with Gasteiger partial charge in [-0.2, -0.15) is 5.26 Å². The standard InChI is InChI=1S/C11H11N3O3/c12-3-7-1-2-8(4-13-7)14-10-6-17-5-9(10)11(15)16/h1-2,4,9-10,14H,5-6H2,(H,15,16). The lowest BCUT2D eigenvalue weighted by atomic mass is 10.0. The quantitative estimate of drug-likeness (QED) is 0.787. The van der Waals surface area contributed by atoms with Crippen LogP contribution in [0.5, 0.6) is 0 Å². The van der Waals surface area contributed by atoms with Crippen molar-refractivity contribution in [2.45, 2.75) is 6.04 Å². The summed E-state index contributed by atoms with van der Waals surface area (Å²) in [5.41, 5.74) is 1.01. The van der Waals surface area contributed by atoms with Crippen molar-refractivity contribution in [3.05, 3.63) is 24.0 Å². The molecule has 2 unspecified atom stereocenters. The molecular weight excluding hydrogens is 222 g/mol. The van der Waals surface area contributed by atoms with Crippen molar-refractivity contribution in [1.82, 2.24) is 4.98 Å². The molecule has 0 aliphatic carbocycles. The second-order valence-electron chi connectivity index (χ2n) is 3.78. The predicted octanol–water partition coefficient (Wildman–Crippen LogP) is 0.465. The average molecular weight is 233 g/mol. The SMILES string of the molecule is N#Cc1ccc(NC2COCC2C(=O)O)cn1. The number of pyridine rings is 1. The van der Waals surface area contributed by atoms with Crippen LogP contribution in [0.1, 0.15) is 5.69 Å². The maximum absolute atomic E-state index is 10.9. The van der Waals surface area contributed by atoms with Crippen LogP contribution in [-0.2, 0) is 9.53 Å². The molecule has 1 fully saturated rings. The molecule has 2 atom stereocenters. The number of carbonyl (C=O) groups is 1. The van der Waals surface area contributed by atoms with E-state index in [1.807, 2.05) is 6.07 Å². The van der Waals surface area contributed by atoms with E-state index in [-0.39, 0.29) is 12.6 Å². The molecule has 2 rings (SSSR count). The Balaban J connectivity index is 2.05. The smallest absolute Gasteiger partial charge is 0.311 e. The first-order valence-corrected chi connectivity index (χ1v) is 5.14. The van der Waals surface area contributed by atoms with E-state index in [0.717, 1.165) is 0 Å². The van der Waals surface area contributed by atoms with Crippen LogP contribution in [0.25, 0.3) is 0 Å². The van der Waals surface area contributed by atoms with Gasteiger partial charge in [-0.25, -0.2) is 4.98 Å². The number of nitrogens with zero attached hydrogens (tertiary/aromatic N) is 2. The number of aliphatic carboxylic acids is 1. The maximum Gasteiger partial charge on any atom is 0.311 e. The number of hydrogen-bond acceptors (Lipinski definition) is 5. The minimum absolute atomic E-state index is 0.219. The topological polar surface area (TPSA) is 95.2 Å². The summed E-state index contributed by atoms with van der Waals surface area (Å²) in [6.07, 6.45) is 1.51. The van der Waals surface area contributed by atoms with Gasteiger partial charge in [-0.1, -0.05) is 0 Å². The number of nitriles is 1. The van der Waals surface area contributed by atoms with E-state index in [1.165, 1.54) is 6.20 Å². The van der Waals surface area contributed by atoms with E-state index in [0.29, 0.717) is 18.0 Å². The van der Waals surface area contributed by atoms with Crippen molar-refractivity contribution in [2.75, 3.05) is 18.5 Å². The summed E-state index contributed by atoms with van der Waals surface area (Å²) >= 11 is 0. The maximum atomic E-state index is 10.9. The number of anilines is 1. The van der Waals surface area contributed by atoms with Crippen molar-refractivity contribution in [3.8, 4) is 6.07 Å². The summed E-state index contributed by atoms with van der Waals surface area (Å²) in [5.74, 6) is -1.42. The highest BCUT2D eigenvalue weighted by atomic mass is 16.5. The summed E-state index contributed by atoms with van der Waals surface area (Å²) < 4.78 is 5.13. The molecule has 6 nitrogen and oxygen atoms in total. The summed E-state index contributed by atoms with van der Waals surface area (Å²) in [4.78, 5) is 14.8. The number of ether oxygens (including phenoxy) is 1. The summed E-state index contributed by atoms with van der Waals surface area (Å²) in [6, 6.07) is 4.93. The van der Waals surface area contributed by atoms with Crippen LogP contribution in [-0.4, -0.2) is 35.3 Å². The van der Waals surface area contributed by atoms with Crippen LogP contribution >= 0.6 is 0 Å². The van der Waals surface area contributed by atoms with Gasteiger partial charge in [0.15, 0.2) is 0 Å². The van der Waals surface area contributed by atoms with Crippen LogP contribution in [0.3, 0.4) is 0 Å². The van der Waals surface area contributed by atoms with Crippen LogP contribution in [0.15, 0.2) is 18.3 Å². The van der Waals surface area contributed by atoms with Crippen LogP contribution < -0.4 is 5.32 Å². The van der Waals surface area contributed by atoms with Gasteiger partial charge in [0.1, 0.15) is 17.7 Å². The normalized spacial score (nSPS) is 23.0. The highest BCUT2D eigenvalue weighted by molar-refractivity contribution is 5.72. The number of hydrogen-bond donors (Lipinski definition) is 2. The molecule has 1 aromatic rings. The molecular formula is C11H11N3O3. The van der Waals surface area contributed by atoms with Crippen molar-refractivity contribution in [3.63, 3.8) is 0 Å². The zero-order chi connectivity index (χ0) is 12.3. The van der Waals surface area contributed by atoms with Crippen molar-refractivity contribution in [1.29, 1.82) is 5.26 Å². The third-order valence-electron chi connectivity index (χ3n) is 2.63. The van der Waals surface area contributed by atoms with Gasteiger partial charge < -0.3 is 15.2 Å². The Morgan fingerprint density at radius 2 is 2.41 bits per heavy atom. The molecule has 0 amide bonds. The van der Waals surface area contributed by atoms with Crippen LogP contribution in [0.2, 0.25) is 0 Å². The molecule has 1 saturated heterocycles. The van der Waals surface area contributed by atoms with E-state index < -0.39 is 11.9 Å². The van der Waals surface area contributed by atoms with Gasteiger partial charge in [0.25, 0.3) is 0 Å². The third kappa shape index (κ3) is 2.52. The first-order valence-electron chi connectivity index (χ1n) is 5.14. The monoisotopic (exact) mass is 233 g/mol. The first kappa shape index (κ1) is 11.4. The average Bonchev–Trinajstić information content (AvgIpc) is 2.78. The Morgan fingerprint density at radius 1 is 1.59 bits per heavy atom. The van der Waals surface area contributed by atoms with Crippen molar-refractivity contribution in [2.24, 2.45) is 5.92 Å². The van der Waals surface area contributed by atoms with Crippen LogP contribution in [0.4, 0.5) is 5.69 Å². The van der Waals surface area contributed by atoms with Gasteiger partial charge in [-0.3, -0.25) is 4.79 Å². The lowest BCUT2D eigenvalue weighted by Gasteiger charge is -2.16. The van der Waals surface area contributed by atoms with E-state index in [2.05, 4.69) is 10.3 Å². The van der Waals surface area contributed by atoms with Gasteiger partial charge in [0.05, 0.1) is 31.1 Å². The Morgan fingerprint density at radius 3 is 3.00 bits per heavy atom. The van der Waals surface area contributed by atoms with Crippen LogP contribution in [0, 0.1) is 17.2 Å². The fourth-order valence-corrected chi connectivity index (χ4v) is 1.70. The Bertz CT molecular complexity index is 452. The van der Waals surface area contributed by atoms with Gasteiger partial charge in [-0.05, 0) is 12.1 Å². The molecule has 6 heteroatoms. The van der Waals surface area contributed by atoms with Gasteiger partial charge in [-0.15, -0.1) is 0 Å². The molecule has 88 valence electrons. The number of carboxylic acids is 1. The van der Waals surface area contributed by atoms with E-state index in [9.17, 15) is 4.79 Å². The second kappa shape index (κ2) is 4.80. The zero-order valence-corrected chi connectivity index (χ0v) is 8.96. The molecule has 0 spiro atoms. The Hall–Kier alpha value is -2.13. The van der Waals surface area contributed by atoms with Crippen molar-refractivity contribution >= 4 is 11.7 Å². The fourth-order valence-electron chi connectivity index (χ4n) is 1.70. The van der Waals surface area contributed by atoms with E-state index >= 15 is 0 Å². The van der Waals surface area contributed by atoms with Gasteiger partial charge in [0, 0.05) is 0 Å². The summed E-state index contributed by atoms with van der Waals surface area (Å²) in [6.45, 7) is 0.577. The predicted molar refractivity (Wildman–Crippen MR) is 58.3 cm³/mol. The summed E-state index contributed by atoms with van der Waals surface area (Å²) in [5, 5.41) is 20.6. The molecule has 2 N–H and O–H groups in total. The number of carboxylic acid groups (broad SMARTS) is 1. The summed E-state index contributed by atoms with van der Waals surface area (Å²) in [7, 11) is 0. The van der Waals surface area contributed by atoms with Crippen molar-refractivity contribution < 1.29 is 14.6 Å². The molecule has 1 aromatic heterocycles. The lowest BCUT2D eigenvalue weighted by molar-refractivity contribution is -0.141. The zero-order valence-electron chi connectivity index (χ0n) is 8.96. The largest absolute Gasteiger partial charge is 0.481 e. The van der Waals surface area contributed by atoms with Gasteiger partial charge >= 0.3 is 5.97 Å². The highest BCUT2D eigenvalue weighted by Gasteiger charge is 2.33. The minimum atomic E-state index is -0.874. The molecule has 17 heavy (non-hydrogen) atoms. The molecule has 0 saturated carbocycles. The molecule has 1 aliphatic rings. The lowest BCUT2D eigenvalue weighted by Crippen LogP contribution is -2.33. The molecule has 0 bridgehead atoms. The van der Waals surface area contributed by atoms with E-state index in [4.69, 9.17) is 15.1 Å². The molecule has 1 aliphatic heterocycles. The fraction of sp³-hybridized carbons (Fsp3) is 0.364. The third-order valence-corrected chi connectivity index (χ3v) is 2.63. The highest BCUT2D eigenvalue weighted by Crippen LogP contribution is 2.18. The number of rotatable bonds is 3. The minimum Gasteiger partial charge on any atom is -0.481 e.